The van der Waals surface area contributed by atoms with Crippen molar-refractivity contribution in [2.75, 3.05) is 11.9 Å². The molecule has 0 aromatic carbocycles. The van der Waals surface area contributed by atoms with Crippen molar-refractivity contribution in [3.8, 4) is 5.88 Å². The van der Waals surface area contributed by atoms with Gasteiger partial charge in [0.1, 0.15) is 6.61 Å². The molecule has 0 unspecified atom stereocenters. The Kier molecular flexibility index (Phi) is 5.58. The summed E-state index contributed by atoms with van der Waals surface area (Å²) in [7, 11) is 0. The molecular weight excluding hydrogens is 232 g/mol. The Bertz CT molecular complexity index is 394. The van der Waals surface area contributed by atoms with Crippen LogP contribution in [0.5, 0.6) is 5.88 Å². The van der Waals surface area contributed by atoms with Crippen molar-refractivity contribution in [3.05, 3.63) is 18.3 Å². The number of carbonyl (C=O) groups is 1. The maximum absolute atomic E-state index is 11.5. The van der Waals surface area contributed by atoms with Crippen LogP contribution < -0.4 is 10.1 Å². The molecule has 2 N–H and O–H groups in total. The number of anilines is 1. The minimum Gasteiger partial charge on any atom is -0.475 e. The molecule has 100 valence electrons. The van der Waals surface area contributed by atoms with Crippen molar-refractivity contribution < 1.29 is 14.6 Å². The van der Waals surface area contributed by atoms with Crippen molar-refractivity contribution in [1.29, 1.82) is 0 Å². The SMILES string of the molecule is CC[C@H](O)COc1cc(NC(=O)C(C)C)ccn1. The fourth-order valence-corrected chi connectivity index (χ4v) is 1.15. The third-order valence-electron chi connectivity index (χ3n) is 2.42. The van der Waals surface area contributed by atoms with E-state index < -0.39 is 6.10 Å². The summed E-state index contributed by atoms with van der Waals surface area (Å²) in [5, 5.41) is 12.1. The molecule has 0 aliphatic heterocycles. The molecule has 1 aromatic rings. The van der Waals surface area contributed by atoms with Crippen LogP contribution in [0.2, 0.25) is 0 Å². The molecule has 0 saturated heterocycles. The lowest BCUT2D eigenvalue weighted by atomic mass is 10.2. The van der Waals surface area contributed by atoms with Crippen LogP contribution in [0.25, 0.3) is 0 Å². The smallest absolute Gasteiger partial charge is 0.226 e. The molecule has 0 fully saturated rings. The van der Waals surface area contributed by atoms with Gasteiger partial charge in [-0.05, 0) is 12.5 Å². The van der Waals surface area contributed by atoms with Gasteiger partial charge >= 0.3 is 0 Å². The van der Waals surface area contributed by atoms with Crippen LogP contribution in [-0.4, -0.2) is 28.7 Å². The maximum Gasteiger partial charge on any atom is 0.226 e. The predicted octanol–water partition coefficient (Wildman–Crippen LogP) is 1.83. The van der Waals surface area contributed by atoms with E-state index in [1.54, 1.807) is 18.3 Å². The first kappa shape index (κ1) is 14.4. The summed E-state index contributed by atoms with van der Waals surface area (Å²) in [4.78, 5) is 15.5. The molecule has 1 rings (SSSR count). The number of pyridine rings is 1. The van der Waals surface area contributed by atoms with E-state index in [0.29, 0.717) is 18.0 Å². The number of aromatic nitrogens is 1. The number of nitrogens with one attached hydrogen (secondary N) is 1. The summed E-state index contributed by atoms with van der Waals surface area (Å²) in [5.74, 6) is 0.259. The van der Waals surface area contributed by atoms with Gasteiger partial charge in [-0.2, -0.15) is 0 Å². The fourth-order valence-electron chi connectivity index (χ4n) is 1.15. The van der Waals surface area contributed by atoms with Crippen molar-refractivity contribution >= 4 is 11.6 Å². The molecule has 1 amide bonds. The van der Waals surface area contributed by atoms with E-state index in [4.69, 9.17) is 4.74 Å². The van der Waals surface area contributed by atoms with Crippen molar-refractivity contribution in [3.63, 3.8) is 0 Å². The number of aliphatic hydroxyl groups is 1. The Morgan fingerprint density at radius 2 is 2.28 bits per heavy atom. The van der Waals surface area contributed by atoms with Crippen LogP contribution in [-0.2, 0) is 4.79 Å². The largest absolute Gasteiger partial charge is 0.475 e. The summed E-state index contributed by atoms with van der Waals surface area (Å²) >= 11 is 0. The molecular formula is C13H20N2O3. The highest BCUT2D eigenvalue weighted by atomic mass is 16.5. The first-order chi connectivity index (χ1) is 8.52. The third kappa shape index (κ3) is 4.71. The van der Waals surface area contributed by atoms with E-state index in [-0.39, 0.29) is 18.4 Å². The minimum absolute atomic E-state index is 0.0549. The van der Waals surface area contributed by atoms with E-state index in [1.165, 1.54) is 0 Å². The van der Waals surface area contributed by atoms with Crippen LogP contribution in [0, 0.1) is 5.92 Å². The average Bonchev–Trinajstić information content (AvgIpc) is 2.36. The monoisotopic (exact) mass is 252 g/mol. The highest BCUT2D eigenvalue weighted by molar-refractivity contribution is 5.92. The molecule has 0 bridgehead atoms. The normalized spacial score (nSPS) is 12.3. The van der Waals surface area contributed by atoms with Crippen molar-refractivity contribution in [2.24, 2.45) is 5.92 Å². The Morgan fingerprint density at radius 1 is 1.56 bits per heavy atom. The number of rotatable bonds is 6. The minimum atomic E-state index is -0.499. The standard InChI is InChI=1S/C13H20N2O3/c1-4-11(16)8-18-12-7-10(5-6-14-12)15-13(17)9(2)3/h5-7,9,11,16H,4,8H2,1-3H3,(H,14,15,17)/t11-/m0/s1. The van der Waals surface area contributed by atoms with Crippen molar-refractivity contribution in [1.82, 2.24) is 4.98 Å². The molecule has 1 heterocycles. The predicted molar refractivity (Wildman–Crippen MR) is 69.5 cm³/mol. The number of aliphatic hydroxyl groups excluding tert-OH is 1. The van der Waals surface area contributed by atoms with Crippen LogP contribution in [0.15, 0.2) is 18.3 Å². The number of amides is 1. The van der Waals surface area contributed by atoms with E-state index in [1.807, 2.05) is 20.8 Å². The summed E-state index contributed by atoms with van der Waals surface area (Å²) in [6.45, 7) is 5.73. The number of nitrogens with zero attached hydrogens (tertiary/aromatic N) is 1. The quantitative estimate of drug-likeness (QED) is 0.810. The summed E-state index contributed by atoms with van der Waals surface area (Å²) in [6, 6.07) is 3.34. The molecule has 0 radical (unpaired) electrons. The van der Waals surface area contributed by atoms with Gasteiger partial charge in [-0.1, -0.05) is 20.8 Å². The average molecular weight is 252 g/mol. The van der Waals surface area contributed by atoms with Crippen LogP contribution >= 0.6 is 0 Å². The summed E-state index contributed by atoms with van der Waals surface area (Å²) in [6.07, 6.45) is 1.69. The van der Waals surface area contributed by atoms with Gasteiger partial charge in [0.2, 0.25) is 11.8 Å². The van der Waals surface area contributed by atoms with Crippen molar-refractivity contribution in [2.45, 2.75) is 33.3 Å². The first-order valence-electron chi connectivity index (χ1n) is 6.10. The summed E-state index contributed by atoms with van der Waals surface area (Å²) < 4.78 is 5.33. The van der Waals surface area contributed by atoms with E-state index in [2.05, 4.69) is 10.3 Å². The first-order valence-corrected chi connectivity index (χ1v) is 6.10. The molecule has 1 atom stereocenters. The molecule has 5 heteroatoms. The Balaban J connectivity index is 2.59. The lowest BCUT2D eigenvalue weighted by Gasteiger charge is -2.11. The zero-order chi connectivity index (χ0) is 13.5. The second-order valence-electron chi connectivity index (χ2n) is 4.40. The molecule has 0 aliphatic carbocycles. The highest BCUT2D eigenvalue weighted by Gasteiger charge is 2.08. The van der Waals surface area contributed by atoms with Gasteiger partial charge < -0.3 is 15.2 Å². The van der Waals surface area contributed by atoms with Crippen LogP contribution in [0.1, 0.15) is 27.2 Å². The Labute approximate surface area is 107 Å². The summed E-state index contributed by atoms with van der Waals surface area (Å²) in [5.41, 5.74) is 0.643. The van der Waals surface area contributed by atoms with E-state index in [0.717, 1.165) is 0 Å². The van der Waals surface area contributed by atoms with Crippen LogP contribution in [0.3, 0.4) is 0 Å². The van der Waals surface area contributed by atoms with Gasteiger partial charge in [0, 0.05) is 23.9 Å². The van der Waals surface area contributed by atoms with Gasteiger partial charge in [-0.3, -0.25) is 4.79 Å². The van der Waals surface area contributed by atoms with E-state index >= 15 is 0 Å². The molecule has 5 nitrogen and oxygen atoms in total. The number of hydrogen-bond donors (Lipinski definition) is 2. The van der Waals surface area contributed by atoms with Gasteiger partial charge in [0.15, 0.2) is 0 Å². The van der Waals surface area contributed by atoms with Gasteiger partial charge in [-0.15, -0.1) is 0 Å². The second kappa shape index (κ2) is 6.96. The Hall–Kier alpha value is -1.62. The zero-order valence-corrected chi connectivity index (χ0v) is 11.0. The molecule has 1 aromatic heterocycles. The zero-order valence-electron chi connectivity index (χ0n) is 11.0. The maximum atomic E-state index is 11.5. The fraction of sp³-hybridized carbons (Fsp3) is 0.538. The molecule has 0 spiro atoms. The number of hydrogen-bond acceptors (Lipinski definition) is 4. The lowest BCUT2D eigenvalue weighted by Crippen LogP contribution is -2.18. The molecule has 0 saturated carbocycles. The Morgan fingerprint density at radius 3 is 2.89 bits per heavy atom. The van der Waals surface area contributed by atoms with E-state index in [9.17, 15) is 9.90 Å². The lowest BCUT2D eigenvalue weighted by molar-refractivity contribution is -0.118. The number of carbonyl (C=O) groups excluding carboxylic acids is 1. The van der Waals surface area contributed by atoms with Crippen LogP contribution in [0.4, 0.5) is 5.69 Å². The van der Waals surface area contributed by atoms with Gasteiger partial charge in [0.25, 0.3) is 0 Å². The highest BCUT2D eigenvalue weighted by Crippen LogP contribution is 2.15. The van der Waals surface area contributed by atoms with Gasteiger partial charge in [-0.25, -0.2) is 4.98 Å². The molecule has 0 aliphatic rings. The topological polar surface area (TPSA) is 71.5 Å². The third-order valence-corrected chi connectivity index (χ3v) is 2.42. The van der Waals surface area contributed by atoms with Gasteiger partial charge in [0.05, 0.1) is 6.10 Å². The molecule has 18 heavy (non-hydrogen) atoms. The number of ether oxygens (including phenoxy) is 1. The second-order valence-corrected chi connectivity index (χ2v) is 4.40.